The molecule has 6 nitrogen and oxygen atoms in total. The molecule has 0 saturated carbocycles. The third kappa shape index (κ3) is 3.67. The first-order chi connectivity index (χ1) is 13.4. The Kier molecular flexibility index (Phi) is 5.59. The molecule has 0 fully saturated rings. The van der Waals surface area contributed by atoms with Gasteiger partial charge in [-0.15, -0.1) is 0 Å². The SMILES string of the molecule is CCC1=C(C(=O)C(N)=O)c2c(OCC(=O)O)cccc2C1Cc1ccccc1. The Hall–Kier alpha value is -3.41. The summed E-state index contributed by atoms with van der Waals surface area (Å²) in [5, 5.41) is 8.95. The van der Waals surface area contributed by atoms with Gasteiger partial charge in [0.15, 0.2) is 6.61 Å². The first-order valence-corrected chi connectivity index (χ1v) is 9.03. The number of allylic oxidation sites excluding steroid dienone is 1. The highest BCUT2D eigenvalue weighted by atomic mass is 16.5. The number of primary amides is 1. The van der Waals surface area contributed by atoms with Crippen molar-refractivity contribution in [2.24, 2.45) is 5.73 Å². The minimum absolute atomic E-state index is 0.117. The van der Waals surface area contributed by atoms with Crippen LogP contribution in [-0.2, 0) is 20.8 Å². The number of ether oxygens (including phenoxy) is 1. The van der Waals surface area contributed by atoms with Crippen LogP contribution in [0.4, 0.5) is 0 Å². The number of nitrogens with two attached hydrogens (primary N) is 1. The number of hydrogen-bond donors (Lipinski definition) is 2. The van der Waals surface area contributed by atoms with E-state index in [9.17, 15) is 14.4 Å². The van der Waals surface area contributed by atoms with Crippen molar-refractivity contribution >= 4 is 23.2 Å². The van der Waals surface area contributed by atoms with Crippen LogP contribution in [0.2, 0.25) is 0 Å². The number of carbonyl (C=O) groups excluding carboxylic acids is 2. The summed E-state index contributed by atoms with van der Waals surface area (Å²) in [5.74, 6) is -2.79. The number of ketones is 1. The molecule has 1 aliphatic carbocycles. The molecule has 144 valence electrons. The van der Waals surface area contributed by atoms with Crippen molar-refractivity contribution in [3.05, 3.63) is 70.8 Å². The van der Waals surface area contributed by atoms with Crippen LogP contribution < -0.4 is 10.5 Å². The summed E-state index contributed by atoms with van der Waals surface area (Å²) in [6.45, 7) is 1.38. The fraction of sp³-hybridized carbons (Fsp3) is 0.227. The molecule has 0 saturated heterocycles. The van der Waals surface area contributed by atoms with E-state index in [1.54, 1.807) is 12.1 Å². The van der Waals surface area contributed by atoms with Crippen molar-refractivity contribution in [1.29, 1.82) is 0 Å². The largest absolute Gasteiger partial charge is 0.481 e. The van der Waals surface area contributed by atoms with E-state index in [2.05, 4.69) is 0 Å². The molecule has 1 atom stereocenters. The van der Waals surface area contributed by atoms with Crippen molar-refractivity contribution in [2.45, 2.75) is 25.7 Å². The van der Waals surface area contributed by atoms with E-state index >= 15 is 0 Å². The molecule has 1 amide bonds. The lowest BCUT2D eigenvalue weighted by molar-refractivity contribution is -0.139. The minimum atomic E-state index is -1.13. The third-order valence-corrected chi connectivity index (χ3v) is 4.89. The number of Topliss-reactive ketones (excluding diaryl/α,β-unsaturated/α-hetero) is 1. The Morgan fingerprint density at radius 2 is 1.79 bits per heavy atom. The Morgan fingerprint density at radius 3 is 2.39 bits per heavy atom. The fourth-order valence-corrected chi connectivity index (χ4v) is 3.78. The summed E-state index contributed by atoms with van der Waals surface area (Å²) in [5.41, 5.74) is 8.77. The van der Waals surface area contributed by atoms with E-state index < -0.39 is 24.3 Å². The van der Waals surface area contributed by atoms with Gasteiger partial charge in [-0.1, -0.05) is 55.0 Å². The van der Waals surface area contributed by atoms with E-state index in [1.807, 2.05) is 43.3 Å². The molecule has 3 rings (SSSR count). The normalized spacial score (nSPS) is 15.2. The van der Waals surface area contributed by atoms with Crippen molar-refractivity contribution in [2.75, 3.05) is 6.61 Å². The van der Waals surface area contributed by atoms with Crippen molar-refractivity contribution in [1.82, 2.24) is 0 Å². The summed E-state index contributed by atoms with van der Waals surface area (Å²) in [4.78, 5) is 35.3. The van der Waals surface area contributed by atoms with Crippen molar-refractivity contribution in [3.8, 4) is 5.75 Å². The number of carboxylic acid groups (broad SMARTS) is 1. The number of benzene rings is 2. The smallest absolute Gasteiger partial charge is 0.341 e. The highest BCUT2D eigenvalue weighted by Crippen LogP contribution is 2.48. The lowest BCUT2D eigenvalue weighted by Crippen LogP contribution is -2.24. The molecule has 0 aliphatic heterocycles. The fourth-order valence-electron chi connectivity index (χ4n) is 3.78. The van der Waals surface area contributed by atoms with Crippen molar-refractivity contribution in [3.63, 3.8) is 0 Å². The van der Waals surface area contributed by atoms with Crippen LogP contribution in [0.1, 0.15) is 36.0 Å². The number of aliphatic carboxylic acids is 1. The van der Waals surface area contributed by atoms with E-state index in [1.165, 1.54) is 0 Å². The Bertz CT molecular complexity index is 962. The second-order valence-corrected chi connectivity index (χ2v) is 6.59. The van der Waals surface area contributed by atoms with Gasteiger partial charge in [0.25, 0.3) is 11.7 Å². The second-order valence-electron chi connectivity index (χ2n) is 6.59. The molecular formula is C22H21NO5. The second kappa shape index (κ2) is 8.08. The number of carbonyl (C=O) groups is 3. The molecule has 6 heteroatoms. The molecule has 0 aromatic heterocycles. The lowest BCUT2D eigenvalue weighted by Gasteiger charge is -2.16. The first kappa shape index (κ1) is 19.4. The van der Waals surface area contributed by atoms with Crippen LogP contribution in [0.5, 0.6) is 5.75 Å². The zero-order valence-electron chi connectivity index (χ0n) is 15.5. The standard InChI is InChI=1S/C22H21NO5/c1-2-14-16(11-13-7-4-3-5-8-13)15-9-6-10-17(28-12-18(24)25)19(15)20(14)21(26)22(23)27/h3-10,16H,2,11-12H2,1H3,(H2,23,27)(H,24,25). The van der Waals surface area contributed by atoms with Crippen LogP contribution >= 0.6 is 0 Å². The quantitative estimate of drug-likeness (QED) is 0.686. The number of carboxylic acids is 1. The van der Waals surface area contributed by atoms with Gasteiger partial charge < -0.3 is 15.6 Å². The molecular weight excluding hydrogens is 358 g/mol. The van der Waals surface area contributed by atoms with Gasteiger partial charge in [0.2, 0.25) is 0 Å². The summed E-state index contributed by atoms with van der Waals surface area (Å²) in [6, 6.07) is 15.1. The van der Waals surface area contributed by atoms with Crippen LogP contribution in [0, 0.1) is 0 Å². The summed E-state index contributed by atoms with van der Waals surface area (Å²) in [7, 11) is 0. The molecule has 3 N–H and O–H groups in total. The topological polar surface area (TPSA) is 107 Å². The van der Waals surface area contributed by atoms with Crippen LogP contribution in [0.25, 0.3) is 5.57 Å². The van der Waals surface area contributed by atoms with E-state index in [-0.39, 0.29) is 17.2 Å². The average molecular weight is 379 g/mol. The van der Waals surface area contributed by atoms with Gasteiger partial charge in [0.1, 0.15) is 5.75 Å². The average Bonchev–Trinajstić information content (AvgIpc) is 3.00. The summed E-state index contributed by atoms with van der Waals surface area (Å²) >= 11 is 0. The zero-order chi connectivity index (χ0) is 20.3. The van der Waals surface area contributed by atoms with Crippen molar-refractivity contribution < 1.29 is 24.2 Å². The monoisotopic (exact) mass is 379 g/mol. The van der Waals surface area contributed by atoms with Gasteiger partial charge in [0, 0.05) is 17.1 Å². The number of hydrogen-bond acceptors (Lipinski definition) is 4. The van der Waals surface area contributed by atoms with Crippen LogP contribution in [0.15, 0.2) is 54.1 Å². The van der Waals surface area contributed by atoms with Gasteiger partial charge in [-0.3, -0.25) is 9.59 Å². The first-order valence-electron chi connectivity index (χ1n) is 9.03. The Morgan fingerprint density at radius 1 is 1.07 bits per heavy atom. The van der Waals surface area contributed by atoms with Gasteiger partial charge in [-0.25, -0.2) is 4.79 Å². The third-order valence-electron chi connectivity index (χ3n) is 4.89. The highest BCUT2D eigenvalue weighted by Gasteiger charge is 2.37. The van der Waals surface area contributed by atoms with Gasteiger partial charge in [-0.2, -0.15) is 0 Å². The van der Waals surface area contributed by atoms with Gasteiger partial charge in [-0.05, 0) is 30.0 Å². The highest BCUT2D eigenvalue weighted by molar-refractivity contribution is 6.54. The van der Waals surface area contributed by atoms with Crippen LogP contribution in [0.3, 0.4) is 0 Å². The maximum Gasteiger partial charge on any atom is 0.341 e. The molecule has 2 aromatic rings. The molecule has 2 aromatic carbocycles. The molecule has 0 spiro atoms. The Balaban J connectivity index is 2.15. The van der Waals surface area contributed by atoms with Gasteiger partial charge >= 0.3 is 5.97 Å². The van der Waals surface area contributed by atoms with E-state index in [0.29, 0.717) is 18.4 Å². The maximum absolute atomic E-state index is 12.7. The number of fused-ring (bicyclic) bond motifs is 1. The number of rotatable bonds is 8. The summed E-state index contributed by atoms with van der Waals surface area (Å²) < 4.78 is 5.42. The molecule has 1 aliphatic rings. The Labute approximate surface area is 162 Å². The van der Waals surface area contributed by atoms with E-state index in [4.69, 9.17) is 15.6 Å². The van der Waals surface area contributed by atoms with E-state index in [0.717, 1.165) is 16.7 Å². The molecule has 0 radical (unpaired) electrons. The minimum Gasteiger partial charge on any atom is -0.481 e. The number of amides is 1. The maximum atomic E-state index is 12.7. The predicted molar refractivity (Wildman–Crippen MR) is 104 cm³/mol. The molecule has 0 bridgehead atoms. The molecule has 28 heavy (non-hydrogen) atoms. The lowest BCUT2D eigenvalue weighted by atomic mass is 9.88. The predicted octanol–water partition coefficient (Wildman–Crippen LogP) is 2.71. The summed E-state index contributed by atoms with van der Waals surface area (Å²) in [6.07, 6.45) is 1.20. The van der Waals surface area contributed by atoms with Gasteiger partial charge in [0.05, 0.1) is 0 Å². The molecule has 0 heterocycles. The van der Waals surface area contributed by atoms with Crippen LogP contribution in [-0.4, -0.2) is 29.4 Å². The molecule has 1 unspecified atom stereocenters. The zero-order valence-corrected chi connectivity index (χ0v) is 15.5.